The van der Waals surface area contributed by atoms with Gasteiger partial charge in [0, 0.05) is 52.6 Å². The van der Waals surface area contributed by atoms with E-state index in [-0.39, 0.29) is 0 Å². The van der Waals surface area contributed by atoms with Crippen molar-refractivity contribution in [2.75, 3.05) is 40.5 Å². The van der Waals surface area contributed by atoms with Crippen LogP contribution in [0.4, 0.5) is 0 Å². The number of nitrogens with one attached hydrogen (secondary N) is 1. The third-order valence-corrected chi connectivity index (χ3v) is 3.67. The molecule has 0 aliphatic heterocycles. The summed E-state index contributed by atoms with van der Waals surface area (Å²) in [5.41, 5.74) is 2.35. The molecule has 2 rings (SSSR count). The summed E-state index contributed by atoms with van der Waals surface area (Å²) in [6, 6.07) is 5.03. The Bertz CT molecular complexity index is 385. The van der Waals surface area contributed by atoms with Crippen molar-refractivity contribution < 1.29 is 9.47 Å². The van der Waals surface area contributed by atoms with Gasteiger partial charge in [-0.25, -0.2) is 0 Å². The van der Waals surface area contributed by atoms with Crippen molar-refractivity contribution in [1.82, 2.24) is 15.2 Å². The van der Waals surface area contributed by atoms with Gasteiger partial charge in [-0.2, -0.15) is 0 Å². The van der Waals surface area contributed by atoms with Crippen LogP contribution in [0, 0.1) is 0 Å². The Balaban J connectivity index is 1.80. The average Bonchev–Trinajstić information content (AvgIpc) is 3.33. The highest BCUT2D eigenvalue weighted by atomic mass is 16.5. The van der Waals surface area contributed by atoms with Gasteiger partial charge in [-0.05, 0) is 24.5 Å². The number of ether oxygens (including phenoxy) is 2. The Hall–Kier alpha value is -1.01. The molecule has 118 valence electrons. The van der Waals surface area contributed by atoms with Crippen LogP contribution in [0.3, 0.4) is 0 Å². The first-order valence-corrected chi connectivity index (χ1v) is 7.69. The number of aromatic nitrogens is 1. The van der Waals surface area contributed by atoms with Gasteiger partial charge in [-0.15, -0.1) is 0 Å². The number of rotatable bonds is 11. The summed E-state index contributed by atoms with van der Waals surface area (Å²) in [6.45, 7) is 5.01. The molecule has 21 heavy (non-hydrogen) atoms. The highest BCUT2D eigenvalue weighted by Crippen LogP contribution is 2.19. The lowest BCUT2D eigenvalue weighted by atomic mass is 10.2. The molecule has 1 aliphatic carbocycles. The summed E-state index contributed by atoms with van der Waals surface area (Å²) < 4.78 is 10.3. The SMILES string of the molecule is COCCN(CCOC)Cc1ccc(CNC2CC2)cn1. The van der Waals surface area contributed by atoms with E-state index in [1.165, 1.54) is 18.4 Å². The van der Waals surface area contributed by atoms with Gasteiger partial charge in [0.25, 0.3) is 0 Å². The van der Waals surface area contributed by atoms with E-state index in [9.17, 15) is 0 Å². The second-order valence-corrected chi connectivity index (χ2v) is 5.57. The molecule has 1 fully saturated rings. The third-order valence-electron chi connectivity index (χ3n) is 3.67. The first-order chi connectivity index (χ1) is 10.3. The fourth-order valence-electron chi connectivity index (χ4n) is 2.14. The highest BCUT2D eigenvalue weighted by molar-refractivity contribution is 5.14. The molecule has 0 atom stereocenters. The lowest BCUT2D eigenvalue weighted by molar-refractivity contribution is 0.109. The number of pyridine rings is 1. The molecule has 5 heteroatoms. The molecule has 0 aromatic carbocycles. The Morgan fingerprint density at radius 3 is 2.43 bits per heavy atom. The summed E-state index contributed by atoms with van der Waals surface area (Å²) in [6.07, 6.45) is 4.62. The molecular weight excluding hydrogens is 266 g/mol. The smallest absolute Gasteiger partial charge is 0.0589 e. The van der Waals surface area contributed by atoms with E-state index in [0.29, 0.717) is 0 Å². The maximum absolute atomic E-state index is 5.16. The van der Waals surface area contributed by atoms with Gasteiger partial charge >= 0.3 is 0 Å². The molecule has 0 radical (unpaired) electrons. The summed E-state index contributed by atoms with van der Waals surface area (Å²) in [4.78, 5) is 6.87. The van der Waals surface area contributed by atoms with Crippen molar-refractivity contribution in [2.24, 2.45) is 0 Å². The van der Waals surface area contributed by atoms with Gasteiger partial charge in [0.2, 0.25) is 0 Å². The van der Waals surface area contributed by atoms with Crippen LogP contribution in [0.2, 0.25) is 0 Å². The van der Waals surface area contributed by atoms with Crippen molar-refractivity contribution in [3.8, 4) is 0 Å². The minimum Gasteiger partial charge on any atom is -0.383 e. The molecule has 0 bridgehead atoms. The third kappa shape index (κ3) is 6.52. The van der Waals surface area contributed by atoms with Crippen LogP contribution in [0.5, 0.6) is 0 Å². The number of hydrogen-bond donors (Lipinski definition) is 1. The highest BCUT2D eigenvalue weighted by Gasteiger charge is 2.19. The minimum absolute atomic E-state index is 0.729. The van der Waals surface area contributed by atoms with Gasteiger partial charge in [0.05, 0.1) is 18.9 Å². The van der Waals surface area contributed by atoms with Crippen molar-refractivity contribution in [3.05, 3.63) is 29.6 Å². The van der Waals surface area contributed by atoms with E-state index in [0.717, 1.165) is 51.1 Å². The standard InChI is InChI=1S/C16H27N3O2/c1-20-9-7-19(8-10-21-2)13-16-4-3-14(12-18-16)11-17-15-5-6-15/h3-4,12,15,17H,5-11,13H2,1-2H3. The van der Waals surface area contributed by atoms with Crippen LogP contribution < -0.4 is 5.32 Å². The van der Waals surface area contributed by atoms with Crippen LogP contribution in [0.15, 0.2) is 18.3 Å². The molecule has 0 saturated heterocycles. The summed E-state index contributed by atoms with van der Waals surface area (Å²) >= 11 is 0. The summed E-state index contributed by atoms with van der Waals surface area (Å²) in [5.74, 6) is 0. The first-order valence-electron chi connectivity index (χ1n) is 7.69. The van der Waals surface area contributed by atoms with Gasteiger partial charge in [-0.1, -0.05) is 6.07 Å². The fourth-order valence-corrected chi connectivity index (χ4v) is 2.14. The molecular formula is C16H27N3O2. The lowest BCUT2D eigenvalue weighted by Gasteiger charge is -2.21. The van der Waals surface area contributed by atoms with E-state index >= 15 is 0 Å². The average molecular weight is 293 g/mol. The summed E-state index contributed by atoms with van der Waals surface area (Å²) in [7, 11) is 3.46. The largest absolute Gasteiger partial charge is 0.383 e. The zero-order chi connectivity index (χ0) is 14.9. The molecule has 1 heterocycles. The van der Waals surface area contributed by atoms with Crippen molar-refractivity contribution in [3.63, 3.8) is 0 Å². The van der Waals surface area contributed by atoms with E-state index in [2.05, 4.69) is 27.3 Å². The maximum atomic E-state index is 5.16. The Labute approximate surface area is 127 Å². The fraction of sp³-hybridized carbons (Fsp3) is 0.688. The number of methoxy groups -OCH3 is 2. The van der Waals surface area contributed by atoms with Crippen LogP contribution in [0.1, 0.15) is 24.1 Å². The zero-order valence-corrected chi connectivity index (χ0v) is 13.2. The van der Waals surface area contributed by atoms with Gasteiger partial charge < -0.3 is 14.8 Å². The van der Waals surface area contributed by atoms with Crippen molar-refractivity contribution in [1.29, 1.82) is 0 Å². The predicted molar refractivity (Wildman–Crippen MR) is 83.1 cm³/mol. The van der Waals surface area contributed by atoms with Crippen molar-refractivity contribution >= 4 is 0 Å². The Morgan fingerprint density at radius 2 is 1.90 bits per heavy atom. The topological polar surface area (TPSA) is 46.6 Å². The van der Waals surface area contributed by atoms with E-state index in [1.807, 2.05) is 6.20 Å². The maximum Gasteiger partial charge on any atom is 0.0589 e. The second-order valence-electron chi connectivity index (χ2n) is 5.57. The molecule has 1 aliphatic rings. The Morgan fingerprint density at radius 1 is 1.19 bits per heavy atom. The van der Waals surface area contributed by atoms with Gasteiger partial charge in [-0.3, -0.25) is 9.88 Å². The molecule has 1 aromatic rings. The van der Waals surface area contributed by atoms with Crippen LogP contribution in [0.25, 0.3) is 0 Å². The molecule has 0 amide bonds. The second kappa shape index (κ2) is 9.10. The van der Waals surface area contributed by atoms with Crippen LogP contribution >= 0.6 is 0 Å². The number of hydrogen-bond acceptors (Lipinski definition) is 5. The molecule has 1 aromatic heterocycles. The monoisotopic (exact) mass is 293 g/mol. The van der Waals surface area contributed by atoms with Crippen molar-refractivity contribution in [2.45, 2.75) is 32.0 Å². The summed E-state index contributed by atoms with van der Waals surface area (Å²) in [5, 5.41) is 3.51. The van der Waals surface area contributed by atoms with E-state index < -0.39 is 0 Å². The molecule has 5 nitrogen and oxygen atoms in total. The quantitative estimate of drug-likeness (QED) is 0.669. The van der Waals surface area contributed by atoms with Gasteiger partial charge in [0.15, 0.2) is 0 Å². The Kier molecular flexibility index (Phi) is 7.09. The molecule has 1 saturated carbocycles. The van der Waals surface area contributed by atoms with Crippen LogP contribution in [-0.4, -0.2) is 56.4 Å². The number of nitrogens with zero attached hydrogens (tertiary/aromatic N) is 2. The van der Waals surface area contributed by atoms with E-state index in [1.54, 1.807) is 14.2 Å². The minimum atomic E-state index is 0.729. The molecule has 0 spiro atoms. The van der Waals surface area contributed by atoms with Gasteiger partial charge in [0.1, 0.15) is 0 Å². The lowest BCUT2D eigenvalue weighted by Crippen LogP contribution is -2.30. The zero-order valence-electron chi connectivity index (χ0n) is 13.2. The molecule has 0 unspecified atom stereocenters. The first kappa shape index (κ1) is 16.4. The van der Waals surface area contributed by atoms with E-state index in [4.69, 9.17) is 9.47 Å². The van der Waals surface area contributed by atoms with Crippen LogP contribution in [-0.2, 0) is 22.6 Å². The normalized spacial score (nSPS) is 14.8. The predicted octanol–water partition coefficient (Wildman–Crippen LogP) is 1.43. The molecule has 1 N–H and O–H groups in total.